The molecule has 1 N–H and O–H groups in total. The van der Waals surface area contributed by atoms with E-state index in [1.165, 1.54) is 27.5 Å². The van der Waals surface area contributed by atoms with Crippen molar-refractivity contribution in [2.45, 2.75) is 0 Å². The van der Waals surface area contributed by atoms with Gasteiger partial charge in [-0.2, -0.15) is 0 Å². The molecule has 0 heterocycles. The van der Waals surface area contributed by atoms with Crippen LogP contribution >= 0.6 is 58.0 Å². The second-order valence-corrected chi connectivity index (χ2v) is 15.2. The van der Waals surface area contributed by atoms with Crippen LogP contribution in [0, 0.1) is 0 Å². The molecule has 22 heavy (non-hydrogen) atoms. The molecule has 0 aliphatic rings. The summed E-state index contributed by atoms with van der Waals surface area (Å²) in [5.74, 6) is 0. The molecule has 0 aromatic carbocycles. The summed E-state index contributed by atoms with van der Waals surface area (Å²) >= 11 is 5.27. The fourth-order valence-electron chi connectivity index (χ4n) is 0.503. The predicted octanol–water partition coefficient (Wildman–Crippen LogP) is 4.54. The zero-order chi connectivity index (χ0) is 17.8. The Kier molecular flexibility index (Phi) is 16.1. The van der Waals surface area contributed by atoms with E-state index in [2.05, 4.69) is 27.7 Å². The third-order valence-electron chi connectivity index (χ3n) is 0.911. The Morgan fingerprint density at radius 2 is 1.36 bits per heavy atom. The summed E-state index contributed by atoms with van der Waals surface area (Å²) in [6.45, 7) is 2.43. The first-order chi connectivity index (χ1) is 9.95. The Bertz CT molecular complexity index is 402. The molecule has 6 unspecified atom stereocenters. The average molecular weight is 460 g/mol. The van der Waals surface area contributed by atoms with Crippen LogP contribution in [-0.4, -0.2) is 32.4 Å². The Balaban J connectivity index is 0. The third-order valence-corrected chi connectivity index (χ3v) is 9.85. The number of rotatable bonds is 10. The van der Waals surface area contributed by atoms with Gasteiger partial charge in [0.1, 0.15) is 0 Å². The van der Waals surface area contributed by atoms with E-state index in [0.29, 0.717) is 0 Å². The fourth-order valence-corrected chi connectivity index (χ4v) is 8.23. The summed E-state index contributed by atoms with van der Waals surface area (Å²) in [5, 5.41) is 0. The van der Waals surface area contributed by atoms with E-state index in [-0.39, 0.29) is 0 Å². The highest BCUT2D eigenvalue weighted by Crippen LogP contribution is 2.72. The molecule has 0 bridgehead atoms. The molecular weight excluding hydrogens is 445 g/mol. The van der Waals surface area contributed by atoms with Gasteiger partial charge < -0.3 is 4.89 Å². The van der Waals surface area contributed by atoms with E-state index < -0.39 is 46.7 Å². The van der Waals surface area contributed by atoms with Gasteiger partial charge in [-0.1, -0.05) is 8.62 Å². The molecular formula is C4H15ClO11P6+2. The smallest absolute Gasteiger partial charge is 0.317 e. The van der Waals surface area contributed by atoms with Crippen LogP contribution < -0.4 is 0 Å². The maximum absolute atomic E-state index is 10.9. The average Bonchev–Trinajstić information content (AvgIpc) is 2.32. The van der Waals surface area contributed by atoms with Crippen molar-refractivity contribution in [1.29, 1.82) is 0 Å². The molecule has 0 aliphatic heterocycles. The highest BCUT2D eigenvalue weighted by molar-refractivity contribution is 8.33. The minimum Gasteiger partial charge on any atom is -0.317 e. The highest BCUT2D eigenvalue weighted by atomic mass is 35.7. The molecule has 0 saturated heterocycles. The van der Waals surface area contributed by atoms with Crippen molar-refractivity contribution >= 4 is 58.0 Å². The van der Waals surface area contributed by atoms with Crippen LogP contribution in [-0.2, 0) is 46.0 Å². The molecule has 0 aromatic heterocycles. The van der Waals surface area contributed by atoms with Gasteiger partial charge in [-0.15, -0.1) is 0 Å². The molecule has 18 heteroatoms. The minimum absolute atomic E-state index is 0.656. The quantitative estimate of drug-likeness (QED) is 0.279. The third kappa shape index (κ3) is 19.6. The van der Waals surface area contributed by atoms with Gasteiger partial charge in [0, 0.05) is 0 Å². The van der Waals surface area contributed by atoms with Crippen LogP contribution in [0.1, 0.15) is 0 Å². The van der Waals surface area contributed by atoms with Gasteiger partial charge in [-0.25, -0.2) is 23.7 Å². The molecule has 11 nitrogen and oxygen atoms in total. The van der Waals surface area contributed by atoms with Crippen LogP contribution in [0.25, 0.3) is 0 Å². The zero-order valence-electron chi connectivity index (χ0n) is 11.7. The Morgan fingerprint density at radius 1 is 0.955 bits per heavy atom. The Morgan fingerprint density at radius 3 is 1.73 bits per heavy atom. The summed E-state index contributed by atoms with van der Waals surface area (Å²) < 4.78 is 59.4. The maximum atomic E-state index is 10.9. The SMILES string of the molecule is COOPP(=O)(Cl)O[P+](C)=O.COOPP(=O)(O)O[P+](C)=O. The number of hydrogen-bond acceptors (Lipinski definition) is 10. The number of halogens is 1. The zero-order valence-corrected chi connectivity index (χ0v) is 18.0. The number of hydrogen-bond donors (Lipinski definition) is 1. The first-order valence-electron chi connectivity index (χ1n) is 4.73. The molecule has 0 aromatic rings. The Labute approximate surface area is 136 Å². The summed E-state index contributed by atoms with van der Waals surface area (Å²) in [5.41, 5.74) is 0. The largest absolute Gasteiger partial charge is 0.513 e. The van der Waals surface area contributed by atoms with E-state index in [4.69, 9.17) is 16.1 Å². The van der Waals surface area contributed by atoms with E-state index in [1.807, 2.05) is 0 Å². The van der Waals surface area contributed by atoms with Gasteiger partial charge in [-0.05, 0) is 20.4 Å². The molecule has 0 rings (SSSR count). The summed E-state index contributed by atoms with van der Waals surface area (Å²) in [4.78, 5) is 17.0. The lowest BCUT2D eigenvalue weighted by Gasteiger charge is -2.00. The van der Waals surface area contributed by atoms with Crippen molar-refractivity contribution in [2.75, 3.05) is 27.5 Å². The van der Waals surface area contributed by atoms with Gasteiger partial charge >= 0.3 is 29.8 Å². The Hall–Kier alpha value is 1.53. The van der Waals surface area contributed by atoms with Gasteiger partial charge in [0.25, 0.3) is 0 Å². The maximum Gasteiger partial charge on any atom is 0.513 e. The molecule has 0 fully saturated rings. The van der Waals surface area contributed by atoms with E-state index in [9.17, 15) is 18.3 Å². The first-order valence-corrected chi connectivity index (χ1v) is 15.6. The van der Waals surface area contributed by atoms with Gasteiger partial charge in [0.05, 0.1) is 14.2 Å². The topological polar surface area (TPSA) is 144 Å². The molecule has 132 valence electrons. The van der Waals surface area contributed by atoms with Crippen molar-refractivity contribution in [2.24, 2.45) is 0 Å². The predicted molar refractivity (Wildman–Crippen MR) is 85.3 cm³/mol. The standard InChI is InChI=1S/C2H7ClO5P3.C2H7O6P3/c1-6-7-9-11(3,5)8-10(2)4;1-6-7-9-11(4,5)8-10(2)3/h2*9H,1-2H3/q+1;/p+1. The van der Waals surface area contributed by atoms with Crippen LogP contribution in [0.3, 0.4) is 0 Å². The summed E-state index contributed by atoms with van der Waals surface area (Å²) in [7, 11) is -7.03. The van der Waals surface area contributed by atoms with E-state index in [0.717, 1.165) is 0 Å². The van der Waals surface area contributed by atoms with E-state index in [1.54, 1.807) is 0 Å². The van der Waals surface area contributed by atoms with Crippen LogP contribution in [0.4, 0.5) is 0 Å². The normalized spacial score (nSPS) is 18.6. The van der Waals surface area contributed by atoms with Gasteiger partial charge in [0.2, 0.25) is 0 Å². The minimum atomic E-state index is -3.87. The van der Waals surface area contributed by atoms with Crippen LogP contribution in [0.15, 0.2) is 0 Å². The second kappa shape index (κ2) is 13.8. The summed E-state index contributed by atoms with van der Waals surface area (Å²) in [6.07, 6.45) is -3.40. The molecule has 0 spiro atoms. The first kappa shape index (κ1) is 25.8. The lowest BCUT2D eigenvalue weighted by Crippen LogP contribution is -1.77. The molecule has 0 saturated carbocycles. The monoisotopic (exact) mass is 460 g/mol. The van der Waals surface area contributed by atoms with Crippen molar-refractivity contribution in [3.63, 3.8) is 0 Å². The molecule has 0 aliphatic carbocycles. The van der Waals surface area contributed by atoms with Crippen molar-refractivity contribution in [1.82, 2.24) is 0 Å². The van der Waals surface area contributed by atoms with Gasteiger partial charge in [0.15, 0.2) is 30.3 Å². The second-order valence-electron chi connectivity index (χ2n) is 2.73. The van der Waals surface area contributed by atoms with Gasteiger partial charge in [-0.3, -0.25) is 4.57 Å². The summed E-state index contributed by atoms with van der Waals surface area (Å²) in [6, 6.07) is 0. The van der Waals surface area contributed by atoms with Crippen molar-refractivity contribution < 1.29 is 50.9 Å². The highest BCUT2D eigenvalue weighted by Gasteiger charge is 2.31. The lowest BCUT2D eigenvalue weighted by atomic mass is 11.8. The van der Waals surface area contributed by atoms with Crippen LogP contribution in [0.5, 0.6) is 0 Å². The van der Waals surface area contributed by atoms with Crippen molar-refractivity contribution in [3.05, 3.63) is 0 Å². The van der Waals surface area contributed by atoms with E-state index >= 15 is 0 Å². The van der Waals surface area contributed by atoms with Crippen LogP contribution in [0.2, 0.25) is 0 Å². The molecule has 0 radical (unpaired) electrons. The lowest BCUT2D eigenvalue weighted by molar-refractivity contribution is -0.164. The molecule has 0 amide bonds. The molecule has 6 atom stereocenters. The fraction of sp³-hybridized carbons (Fsp3) is 1.00. The van der Waals surface area contributed by atoms with Crippen molar-refractivity contribution in [3.8, 4) is 0 Å².